The second kappa shape index (κ2) is 6.25. The second-order valence-electron chi connectivity index (χ2n) is 3.51. The first kappa shape index (κ1) is 11.8. The summed E-state index contributed by atoms with van der Waals surface area (Å²) in [6, 6.07) is 6.21. The first-order valence-electron chi connectivity index (χ1n) is 5.26. The van der Waals surface area contributed by atoms with Crippen LogP contribution in [0.2, 0.25) is 0 Å². The van der Waals surface area contributed by atoms with Gasteiger partial charge in [0.1, 0.15) is 12.4 Å². The van der Waals surface area contributed by atoms with Gasteiger partial charge in [0.15, 0.2) is 0 Å². The molecule has 0 saturated heterocycles. The van der Waals surface area contributed by atoms with Crippen LogP contribution in [0.25, 0.3) is 0 Å². The van der Waals surface area contributed by atoms with Gasteiger partial charge in [-0.2, -0.15) is 0 Å². The molecule has 0 aliphatic rings. The molecule has 1 rings (SSSR count). The van der Waals surface area contributed by atoms with Crippen molar-refractivity contribution in [2.24, 2.45) is 0 Å². The number of ether oxygens (including phenoxy) is 1. The van der Waals surface area contributed by atoms with Crippen molar-refractivity contribution in [1.29, 1.82) is 0 Å². The van der Waals surface area contributed by atoms with Gasteiger partial charge in [-0.3, -0.25) is 0 Å². The smallest absolute Gasteiger partial charge is 0.125 e. The lowest BCUT2D eigenvalue weighted by molar-refractivity contribution is 0.313. The molecule has 0 unspecified atom stereocenters. The largest absolute Gasteiger partial charge is 0.492 e. The molecule has 0 aromatic heterocycles. The van der Waals surface area contributed by atoms with Crippen LogP contribution in [0.1, 0.15) is 11.1 Å². The summed E-state index contributed by atoms with van der Waals surface area (Å²) in [5.74, 6) is 1.01. The van der Waals surface area contributed by atoms with E-state index >= 15 is 0 Å². The number of hydrogen-bond donors (Lipinski definition) is 1. The molecule has 0 bridgehead atoms. The van der Waals surface area contributed by atoms with E-state index in [9.17, 15) is 0 Å². The molecule has 0 radical (unpaired) electrons. The Bertz CT molecular complexity index is 320. The highest BCUT2D eigenvalue weighted by molar-refractivity contribution is 5.41. The van der Waals surface area contributed by atoms with Crippen LogP contribution in [-0.2, 0) is 6.42 Å². The number of para-hydroxylation sites is 1. The standard InChI is InChI=1S/C13H19NO/c1-4-6-12-8-5-7-11(2)13(12)15-10-9-14-3/h4-5,7-8,14H,1,6,9-10H2,2-3H3. The maximum Gasteiger partial charge on any atom is 0.125 e. The molecular weight excluding hydrogens is 186 g/mol. The topological polar surface area (TPSA) is 21.3 Å². The maximum atomic E-state index is 5.75. The first-order valence-corrected chi connectivity index (χ1v) is 5.26. The highest BCUT2D eigenvalue weighted by Crippen LogP contribution is 2.23. The summed E-state index contributed by atoms with van der Waals surface area (Å²) >= 11 is 0. The number of allylic oxidation sites excluding steroid dienone is 1. The molecule has 15 heavy (non-hydrogen) atoms. The fraction of sp³-hybridized carbons (Fsp3) is 0.385. The summed E-state index contributed by atoms with van der Waals surface area (Å²) in [6.07, 6.45) is 2.76. The van der Waals surface area contributed by atoms with Crippen LogP contribution < -0.4 is 10.1 Å². The molecule has 0 fully saturated rings. The third-order valence-electron chi connectivity index (χ3n) is 2.26. The average molecular weight is 205 g/mol. The Hall–Kier alpha value is -1.28. The van der Waals surface area contributed by atoms with Gasteiger partial charge in [0, 0.05) is 6.54 Å². The van der Waals surface area contributed by atoms with Crippen molar-refractivity contribution in [2.45, 2.75) is 13.3 Å². The summed E-state index contributed by atoms with van der Waals surface area (Å²) in [7, 11) is 1.92. The van der Waals surface area contributed by atoms with E-state index in [0.717, 1.165) is 18.7 Å². The van der Waals surface area contributed by atoms with E-state index < -0.39 is 0 Å². The number of nitrogens with one attached hydrogen (secondary N) is 1. The van der Waals surface area contributed by atoms with Gasteiger partial charge in [0.25, 0.3) is 0 Å². The van der Waals surface area contributed by atoms with E-state index in [4.69, 9.17) is 4.74 Å². The van der Waals surface area contributed by atoms with Gasteiger partial charge in [-0.05, 0) is 31.5 Å². The highest BCUT2D eigenvalue weighted by atomic mass is 16.5. The number of benzene rings is 1. The van der Waals surface area contributed by atoms with Gasteiger partial charge in [-0.1, -0.05) is 24.3 Å². The molecule has 0 amide bonds. The molecule has 1 N–H and O–H groups in total. The Labute approximate surface area is 92.0 Å². The van der Waals surface area contributed by atoms with Gasteiger partial charge in [-0.15, -0.1) is 6.58 Å². The summed E-state index contributed by atoms with van der Waals surface area (Å²) in [6.45, 7) is 7.39. The van der Waals surface area contributed by atoms with Crippen LogP contribution in [-0.4, -0.2) is 20.2 Å². The molecule has 2 heteroatoms. The van der Waals surface area contributed by atoms with Crippen LogP contribution in [0.15, 0.2) is 30.9 Å². The van der Waals surface area contributed by atoms with Crippen molar-refractivity contribution in [3.8, 4) is 5.75 Å². The quantitative estimate of drug-likeness (QED) is 0.568. The third-order valence-corrected chi connectivity index (χ3v) is 2.26. The third kappa shape index (κ3) is 3.40. The van der Waals surface area contributed by atoms with E-state index in [2.05, 4.69) is 37.0 Å². The molecule has 0 atom stereocenters. The van der Waals surface area contributed by atoms with Gasteiger partial charge in [0.05, 0.1) is 0 Å². The minimum absolute atomic E-state index is 0.700. The van der Waals surface area contributed by atoms with Crippen molar-refractivity contribution < 1.29 is 4.74 Å². The predicted molar refractivity (Wildman–Crippen MR) is 64.5 cm³/mol. The molecule has 0 heterocycles. The number of rotatable bonds is 6. The molecule has 82 valence electrons. The molecule has 0 aliphatic heterocycles. The monoisotopic (exact) mass is 205 g/mol. The fourth-order valence-electron chi connectivity index (χ4n) is 1.49. The zero-order valence-electron chi connectivity index (χ0n) is 9.55. The van der Waals surface area contributed by atoms with Crippen LogP contribution in [0.5, 0.6) is 5.75 Å². The Balaban J connectivity index is 2.77. The maximum absolute atomic E-state index is 5.75. The Kier molecular flexibility index (Phi) is 4.91. The van der Waals surface area contributed by atoms with Crippen LogP contribution in [0.4, 0.5) is 0 Å². The number of hydrogen-bond acceptors (Lipinski definition) is 2. The van der Waals surface area contributed by atoms with Gasteiger partial charge < -0.3 is 10.1 Å². The normalized spacial score (nSPS) is 10.0. The van der Waals surface area contributed by atoms with E-state index in [1.54, 1.807) is 0 Å². The van der Waals surface area contributed by atoms with Crippen molar-refractivity contribution in [3.05, 3.63) is 42.0 Å². The zero-order valence-corrected chi connectivity index (χ0v) is 9.55. The predicted octanol–water partition coefficient (Wildman–Crippen LogP) is 2.32. The van der Waals surface area contributed by atoms with Crippen molar-refractivity contribution in [2.75, 3.05) is 20.2 Å². The SMILES string of the molecule is C=CCc1cccc(C)c1OCCNC. The van der Waals surface area contributed by atoms with E-state index in [-0.39, 0.29) is 0 Å². The minimum Gasteiger partial charge on any atom is -0.492 e. The summed E-state index contributed by atoms with van der Waals surface area (Å²) in [5.41, 5.74) is 2.39. The molecule has 1 aromatic rings. The van der Waals surface area contributed by atoms with Gasteiger partial charge in [0.2, 0.25) is 0 Å². The number of likely N-dealkylation sites (N-methyl/N-ethyl adjacent to an activating group) is 1. The van der Waals surface area contributed by atoms with Crippen molar-refractivity contribution in [3.63, 3.8) is 0 Å². The van der Waals surface area contributed by atoms with E-state index in [1.807, 2.05) is 13.1 Å². The van der Waals surface area contributed by atoms with Gasteiger partial charge in [-0.25, -0.2) is 0 Å². The molecule has 2 nitrogen and oxygen atoms in total. The fourth-order valence-corrected chi connectivity index (χ4v) is 1.49. The highest BCUT2D eigenvalue weighted by Gasteiger charge is 2.04. The van der Waals surface area contributed by atoms with Crippen LogP contribution in [0.3, 0.4) is 0 Å². The lowest BCUT2D eigenvalue weighted by Crippen LogP contribution is -2.16. The minimum atomic E-state index is 0.700. The lowest BCUT2D eigenvalue weighted by atomic mass is 10.1. The molecule has 0 aliphatic carbocycles. The van der Waals surface area contributed by atoms with E-state index in [0.29, 0.717) is 6.61 Å². The summed E-state index contributed by atoms with van der Waals surface area (Å²) < 4.78 is 5.75. The van der Waals surface area contributed by atoms with Crippen LogP contribution in [0, 0.1) is 6.92 Å². The van der Waals surface area contributed by atoms with Crippen LogP contribution >= 0.6 is 0 Å². The molecule has 0 spiro atoms. The Morgan fingerprint density at radius 2 is 2.27 bits per heavy atom. The molecule has 1 aromatic carbocycles. The lowest BCUT2D eigenvalue weighted by Gasteiger charge is -2.12. The molecular formula is C13H19NO. The Morgan fingerprint density at radius 1 is 1.47 bits per heavy atom. The van der Waals surface area contributed by atoms with Crippen molar-refractivity contribution in [1.82, 2.24) is 5.32 Å². The summed E-state index contributed by atoms with van der Waals surface area (Å²) in [5, 5.41) is 3.06. The Morgan fingerprint density at radius 3 is 2.93 bits per heavy atom. The van der Waals surface area contributed by atoms with Crippen molar-refractivity contribution >= 4 is 0 Å². The zero-order chi connectivity index (χ0) is 11.1. The number of aryl methyl sites for hydroxylation is 1. The summed E-state index contributed by atoms with van der Waals surface area (Å²) in [4.78, 5) is 0. The first-order chi connectivity index (χ1) is 7.29. The van der Waals surface area contributed by atoms with Gasteiger partial charge >= 0.3 is 0 Å². The van der Waals surface area contributed by atoms with E-state index in [1.165, 1.54) is 11.1 Å². The second-order valence-corrected chi connectivity index (χ2v) is 3.51. The average Bonchev–Trinajstić information content (AvgIpc) is 2.23. The molecule has 0 saturated carbocycles.